The van der Waals surface area contributed by atoms with Gasteiger partial charge in [0.05, 0.1) is 22.0 Å². The van der Waals surface area contributed by atoms with Gasteiger partial charge in [0.2, 0.25) is 5.95 Å². The number of anilines is 1. The minimum Gasteiger partial charge on any atom is -0.348 e. The first kappa shape index (κ1) is 17.6. The number of aryl methyl sites for hydroxylation is 1. The van der Waals surface area contributed by atoms with Gasteiger partial charge in [0.25, 0.3) is 5.69 Å². The van der Waals surface area contributed by atoms with Crippen LogP contribution in [0.5, 0.6) is 0 Å². The minimum atomic E-state index is -0.403. The highest BCUT2D eigenvalue weighted by atomic mass is 16.6. The number of aromatic nitrogens is 4. The highest BCUT2D eigenvalue weighted by Gasteiger charge is 2.13. The highest BCUT2D eigenvalue weighted by Crippen LogP contribution is 2.23. The van der Waals surface area contributed by atoms with Crippen LogP contribution >= 0.6 is 0 Å². The van der Waals surface area contributed by atoms with Crippen LogP contribution in [-0.4, -0.2) is 24.4 Å². The lowest BCUT2D eigenvalue weighted by atomic mass is 10.1. The Bertz CT molecular complexity index is 1170. The van der Waals surface area contributed by atoms with Crippen LogP contribution in [0.4, 0.5) is 11.6 Å². The monoisotopic (exact) mass is 374 g/mol. The van der Waals surface area contributed by atoms with E-state index in [1.165, 1.54) is 6.07 Å². The molecule has 0 saturated carbocycles. The van der Waals surface area contributed by atoms with Gasteiger partial charge in [-0.3, -0.25) is 14.7 Å². The lowest BCUT2D eigenvalue weighted by Gasteiger charge is -2.14. The number of hydrogen-bond acceptors (Lipinski definition) is 6. The van der Waals surface area contributed by atoms with Crippen LogP contribution in [0, 0.1) is 17.0 Å². The lowest BCUT2D eigenvalue weighted by Crippen LogP contribution is -2.11. The zero-order chi connectivity index (χ0) is 19.7. The van der Waals surface area contributed by atoms with Crippen molar-refractivity contribution in [3.8, 4) is 5.82 Å². The van der Waals surface area contributed by atoms with Crippen molar-refractivity contribution >= 4 is 22.7 Å². The normalized spacial score (nSPS) is 12.1. The Morgan fingerprint density at radius 3 is 2.82 bits per heavy atom. The molecule has 1 atom stereocenters. The molecule has 0 radical (unpaired) electrons. The maximum atomic E-state index is 11.0. The number of nitro benzene ring substituents is 1. The molecule has 0 aliphatic heterocycles. The molecule has 4 aromatic rings. The molecule has 2 aromatic carbocycles. The Hall–Kier alpha value is -3.81. The first-order valence-electron chi connectivity index (χ1n) is 8.79. The third kappa shape index (κ3) is 3.39. The van der Waals surface area contributed by atoms with E-state index in [2.05, 4.69) is 26.3 Å². The molecule has 0 fully saturated rings. The second kappa shape index (κ2) is 7.07. The van der Waals surface area contributed by atoms with Crippen LogP contribution < -0.4 is 5.32 Å². The molecule has 28 heavy (non-hydrogen) atoms. The van der Waals surface area contributed by atoms with Gasteiger partial charge in [-0.25, -0.2) is 9.97 Å². The quantitative estimate of drug-likeness (QED) is 0.415. The highest BCUT2D eigenvalue weighted by molar-refractivity contribution is 5.77. The third-order valence-corrected chi connectivity index (χ3v) is 4.52. The van der Waals surface area contributed by atoms with Gasteiger partial charge < -0.3 is 5.32 Å². The molecule has 0 amide bonds. The molecular formula is C20H18N6O2. The Balaban J connectivity index is 1.63. The Morgan fingerprint density at radius 2 is 2.00 bits per heavy atom. The average Bonchev–Trinajstić information content (AvgIpc) is 3.11. The van der Waals surface area contributed by atoms with Crippen molar-refractivity contribution in [3.05, 3.63) is 82.3 Å². The van der Waals surface area contributed by atoms with Crippen molar-refractivity contribution in [1.29, 1.82) is 0 Å². The topological polar surface area (TPSA) is 98.8 Å². The summed E-state index contributed by atoms with van der Waals surface area (Å²) in [5, 5.41) is 14.2. The van der Waals surface area contributed by atoms with Crippen molar-refractivity contribution in [2.45, 2.75) is 19.9 Å². The van der Waals surface area contributed by atoms with Gasteiger partial charge in [-0.1, -0.05) is 18.2 Å². The molecule has 0 aliphatic carbocycles. The number of non-ortho nitro benzene ring substituents is 1. The molecular weight excluding hydrogens is 356 g/mol. The zero-order valence-electron chi connectivity index (χ0n) is 15.4. The molecule has 4 rings (SSSR count). The van der Waals surface area contributed by atoms with Gasteiger partial charge in [-0.2, -0.15) is 4.98 Å². The summed E-state index contributed by atoms with van der Waals surface area (Å²) < 4.78 is 1.91. The van der Waals surface area contributed by atoms with Crippen LogP contribution in [-0.2, 0) is 0 Å². The molecule has 8 nitrogen and oxygen atoms in total. The predicted octanol–water partition coefficient (Wildman–Crippen LogP) is 4.21. The minimum absolute atomic E-state index is 0.0566. The largest absolute Gasteiger partial charge is 0.348 e. The molecule has 140 valence electrons. The maximum absolute atomic E-state index is 11.0. The van der Waals surface area contributed by atoms with Crippen molar-refractivity contribution < 1.29 is 4.92 Å². The molecule has 0 bridgehead atoms. The van der Waals surface area contributed by atoms with E-state index >= 15 is 0 Å². The van der Waals surface area contributed by atoms with E-state index < -0.39 is 4.92 Å². The SMILES string of the molecule is Cc1ccc2ncn(-c3ccnc(NC(C)c4cccc([N+](=O)[O-])c4)n3)c2c1. The molecule has 0 saturated heterocycles. The number of benzene rings is 2. The summed E-state index contributed by atoms with van der Waals surface area (Å²) in [7, 11) is 0. The predicted molar refractivity (Wildman–Crippen MR) is 107 cm³/mol. The molecule has 2 heterocycles. The number of nitrogens with one attached hydrogen (secondary N) is 1. The number of nitro groups is 1. The summed E-state index contributed by atoms with van der Waals surface area (Å²) in [6.45, 7) is 3.94. The van der Waals surface area contributed by atoms with E-state index in [1.54, 1.807) is 24.7 Å². The summed E-state index contributed by atoms with van der Waals surface area (Å²) in [5.41, 5.74) is 3.84. The van der Waals surface area contributed by atoms with E-state index in [-0.39, 0.29) is 11.7 Å². The summed E-state index contributed by atoms with van der Waals surface area (Å²) in [6, 6.07) is 14.2. The van der Waals surface area contributed by atoms with E-state index in [0.29, 0.717) is 11.8 Å². The van der Waals surface area contributed by atoms with Crippen LogP contribution in [0.3, 0.4) is 0 Å². The molecule has 1 unspecified atom stereocenters. The van der Waals surface area contributed by atoms with Crippen LogP contribution in [0.2, 0.25) is 0 Å². The molecule has 8 heteroatoms. The summed E-state index contributed by atoms with van der Waals surface area (Å²) in [4.78, 5) is 23.9. The fraction of sp³-hybridized carbons (Fsp3) is 0.150. The average molecular weight is 374 g/mol. The smallest absolute Gasteiger partial charge is 0.269 e. The molecule has 2 aromatic heterocycles. The van der Waals surface area contributed by atoms with Gasteiger partial charge in [0.15, 0.2) is 0 Å². The second-order valence-electron chi connectivity index (χ2n) is 6.56. The molecule has 1 N–H and O–H groups in total. The Labute approximate surface area is 161 Å². The van der Waals surface area contributed by atoms with Crippen molar-refractivity contribution in [2.24, 2.45) is 0 Å². The molecule has 0 aliphatic rings. The van der Waals surface area contributed by atoms with Crippen LogP contribution in [0.15, 0.2) is 61.1 Å². The standard InChI is InChI=1S/C20H18N6O2/c1-13-6-7-17-18(10-13)25(12-22-17)19-8-9-21-20(24-19)23-14(2)15-4-3-5-16(11-15)26(27)28/h3-12,14H,1-2H3,(H,21,23,24). The van der Waals surface area contributed by atoms with E-state index in [0.717, 1.165) is 22.2 Å². The number of rotatable bonds is 5. The number of nitrogens with zero attached hydrogens (tertiary/aromatic N) is 5. The van der Waals surface area contributed by atoms with E-state index in [9.17, 15) is 10.1 Å². The first-order chi connectivity index (χ1) is 13.5. The van der Waals surface area contributed by atoms with Crippen LogP contribution in [0.1, 0.15) is 24.1 Å². The second-order valence-corrected chi connectivity index (χ2v) is 6.56. The van der Waals surface area contributed by atoms with Crippen molar-refractivity contribution in [1.82, 2.24) is 19.5 Å². The van der Waals surface area contributed by atoms with Gasteiger partial charge in [-0.05, 0) is 43.2 Å². The zero-order valence-corrected chi connectivity index (χ0v) is 15.4. The summed E-state index contributed by atoms with van der Waals surface area (Å²) >= 11 is 0. The summed E-state index contributed by atoms with van der Waals surface area (Å²) in [6.07, 6.45) is 3.41. The maximum Gasteiger partial charge on any atom is 0.269 e. The molecule has 0 spiro atoms. The summed E-state index contributed by atoms with van der Waals surface area (Å²) in [5.74, 6) is 1.13. The first-order valence-corrected chi connectivity index (χ1v) is 8.79. The van der Waals surface area contributed by atoms with Crippen LogP contribution in [0.25, 0.3) is 16.9 Å². The Kier molecular flexibility index (Phi) is 4.44. The fourth-order valence-electron chi connectivity index (χ4n) is 3.04. The van der Waals surface area contributed by atoms with Gasteiger partial charge >= 0.3 is 0 Å². The van der Waals surface area contributed by atoms with Gasteiger partial charge in [0, 0.05) is 18.3 Å². The Morgan fingerprint density at radius 1 is 1.14 bits per heavy atom. The van der Waals surface area contributed by atoms with E-state index in [4.69, 9.17) is 0 Å². The van der Waals surface area contributed by atoms with Crippen molar-refractivity contribution in [2.75, 3.05) is 5.32 Å². The van der Waals surface area contributed by atoms with Gasteiger partial charge in [0.1, 0.15) is 12.1 Å². The number of fused-ring (bicyclic) bond motifs is 1. The number of hydrogen-bond donors (Lipinski definition) is 1. The van der Waals surface area contributed by atoms with Gasteiger partial charge in [-0.15, -0.1) is 0 Å². The lowest BCUT2D eigenvalue weighted by molar-refractivity contribution is -0.384. The third-order valence-electron chi connectivity index (χ3n) is 4.52. The fourth-order valence-corrected chi connectivity index (χ4v) is 3.04. The van der Waals surface area contributed by atoms with E-state index in [1.807, 2.05) is 42.7 Å². The number of imidazole rings is 1. The van der Waals surface area contributed by atoms with Crippen molar-refractivity contribution in [3.63, 3.8) is 0 Å².